The van der Waals surface area contributed by atoms with Crippen LogP contribution in [0.2, 0.25) is 0 Å². The molecule has 0 aliphatic carbocycles. The Morgan fingerprint density at radius 3 is 2.43 bits per heavy atom. The summed E-state index contributed by atoms with van der Waals surface area (Å²) in [5.74, 6) is 3.06. The van der Waals surface area contributed by atoms with Crippen molar-refractivity contribution in [3.05, 3.63) is 66.0 Å². The van der Waals surface area contributed by atoms with Crippen molar-refractivity contribution in [2.24, 2.45) is 0 Å². The first-order valence-corrected chi connectivity index (χ1v) is 9.29. The SMILES string of the molecule is CC(C)(C)c1ccc(Nc2cc(NCc3ccc4c(c3)OCO4)ncn2)cc1. The molecule has 6 nitrogen and oxygen atoms in total. The molecule has 0 unspecified atom stereocenters. The normalized spacial score (nSPS) is 12.7. The fourth-order valence-corrected chi connectivity index (χ4v) is 2.97. The van der Waals surface area contributed by atoms with E-state index in [2.05, 4.69) is 65.6 Å². The second-order valence-corrected chi connectivity index (χ2v) is 7.78. The topological polar surface area (TPSA) is 68.3 Å². The highest BCUT2D eigenvalue weighted by molar-refractivity contribution is 5.59. The van der Waals surface area contributed by atoms with E-state index in [1.807, 2.05) is 24.3 Å². The number of hydrogen-bond acceptors (Lipinski definition) is 6. The molecule has 0 radical (unpaired) electrons. The number of nitrogens with one attached hydrogen (secondary N) is 2. The Labute approximate surface area is 164 Å². The molecular formula is C22H24N4O2. The molecule has 2 heterocycles. The number of aromatic nitrogens is 2. The first-order chi connectivity index (χ1) is 13.5. The standard InChI is InChI=1S/C22H24N4O2/c1-22(2,3)16-5-7-17(8-6-16)26-21-11-20(24-13-25-21)23-12-15-4-9-18-19(10-15)28-14-27-18/h4-11,13H,12,14H2,1-3H3,(H2,23,24,25,26). The van der Waals surface area contributed by atoms with E-state index in [-0.39, 0.29) is 12.2 Å². The molecule has 0 bridgehead atoms. The van der Waals surface area contributed by atoms with Gasteiger partial charge in [0, 0.05) is 18.3 Å². The smallest absolute Gasteiger partial charge is 0.231 e. The lowest BCUT2D eigenvalue weighted by atomic mass is 9.87. The van der Waals surface area contributed by atoms with Crippen LogP contribution < -0.4 is 20.1 Å². The minimum Gasteiger partial charge on any atom is -0.454 e. The van der Waals surface area contributed by atoms with Gasteiger partial charge in [-0.25, -0.2) is 9.97 Å². The zero-order valence-electron chi connectivity index (χ0n) is 16.3. The highest BCUT2D eigenvalue weighted by atomic mass is 16.7. The molecule has 0 spiro atoms. The predicted octanol–water partition coefficient (Wildman–Crippen LogP) is 4.86. The van der Waals surface area contributed by atoms with Crippen molar-refractivity contribution in [2.45, 2.75) is 32.7 Å². The maximum absolute atomic E-state index is 5.42. The molecular weight excluding hydrogens is 352 g/mol. The molecule has 0 amide bonds. The number of benzene rings is 2. The van der Waals surface area contributed by atoms with Gasteiger partial charge in [-0.05, 0) is 40.8 Å². The Morgan fingerprint density at radius 2 is 1.64 bits per heavy atom. The van der Waals surface area contributed by atoms with Gasteiger partial charge in [-0.15, -0.1) is 0 Å². The molecule has 2 aromatic carbocycles. The molecule has 0 atom stereocenters. The van der Waals surface area contributed by atoms with Crippen molar-refractivity contribution >= 4 is 17.3 Å². The number of nitrogens with zero attached hydrogens (tertiary/aromatic N) is 2. The van der Waals surface area contributed by atoms with Gasteiger partial charge in [0.15, 0.2) is 11.5 Å². The van der Waals surface area contributed by atoms with Gasteiger partial charge in [0.05, 0.1) is 0 Å². The summed E-state index contributed by atoms with van der Waals surface area (Å²) < 4.78 is 10.8. The number of hydrogen-bond donors (Lipinski definition) is 2. The second kappa shape index (κ2) is 7.38. The van der Waals surface area contributed by atoms with Crippen LogP contribution >= 0.6 is 0 Å². The zero-order chi connectivity index (χ0) is 19.6. The summed E-state index contributed by atoms with van der Waals surface area (Å²) in [5, 5.41) is 6.65. The highest BCUT2D eigenvalue weighted by Crippen LogP contribution is 2.32. The lowest BCUT2D eigenvalue weighted by Crippen LogP contribution is -2.10. The maximum Gasteiger partial charge on any atom is 0.231 e. The molecule has 1 aliphatic rings. The summed E-state index contributed by atoms with van der Waals surface area (Å²) in [6.45, 7) is 7.53. The van der Waals surface area contributed by atoms with Crippen LogP contribution in [0.5, 0.6) is 11.5 Å². The maximum atomic E-state index is 5.42. The van der Waals surface area contributed by atoms with Crippen LogP contribution in [0.4, 0.5) is 17.3 Å². The number of fused-ring (bicyclic) bond motifs is 1. The van der Waals surface area contributed by atoms with Crippen molar-refractivity contribution < 1.29 is 9.47 Å². The van der Waals surface area contributed by atoms with Gasteiger partial charge < -0.3 is 20.1 Å². The average Bonchev–Trinajstić information content (AvgIpc) is 3.14. The summed E-state index contributed by atoms with van der Waals surface area (Å²) in [6.07, 6.45) is 1.55. The monoisotopic (exact) mass is 376 g/mol. The molecule has 28 heavy (non-hydrogen) atoms. The molecule has 3 aromatic rings. The van der Waals surface area contributed by atoms with Gasteiger partial charge >= 0.3 is 0 Å². The highest BCUT2D eigenvalue weighted by Gasteiger charge is 2.14. The molecule has 2 N–H and O–H groups in total. The van der Waals surface area contributed by atoms with E-state index in [0.717, 1.165) is 34.4 Å². The minimum atomic E-state index is 0.138. The zero-order valence-corrected chi connectivity index (χ0v) is 16.3. The van der Waals surface area contributed by atoms with Gasteiger partial charge in [-0.1, -0.05) is 39.0 Å². The number of ether oxygens (including phenoxy) is 2. The lowest BCUT2D eigenvalue weighted by molar-refractivity contribution is 0.174. The third-order valence-corrected chi connectivity index (χ3v) is 4.60. The summed E-state index contributed by atoms with van der Waals surface area (Å²) in [6, 6.07) is 16.2. The Bertz CT molecular complexity index is 965. The molecule has 1 aromatic heterocycles. The predicted molar refractivity (Wildman–Crippen MR) is 110 cm³/mol. The number of anilines is 3. The Balaban J connectivity index is 1.40. The van der Waals surface area contributed by atoms with E-state index in [9.17, 15) is 0 Å². The van der Waals surface area contributed by atoms with Crippen LogP contribution in [-0.2, 0) is 12.0 Å². The Morgan fingerprint density at radius 1 is 0.893 bits per heavy atom. The van der Waals surface area contributed by atoms with Crippen molar-refractivity contribution in [1.82, 2.24) is 9.97 Å². The molecule has 4 rings (SSSR count). The third kappa shape index (κ3) is 4.17. The fraction of sp³-hybridized carbons (Fsp3) is 0.273. The van der Waals surface area contributed by atoms with Crippen LogP contribution in [0, 0.1) is 0 Å². The van der Waals surface area contributed by atoms with E-state index >= 15 is 0 Å². The third-order valence-electron chi connectivity index (χ3n) is 4.60. The van der Waals surface area contributed by atoms with E-state index < -0.39 is 0 Å². The van der Waals surface area contributed by atoms with E-state index in [1.54, 1.807) is 6.33 Å². The van der Waals surface area contributed by atoms with Gasteiger partial charge in [-0.2, -0.15) is 0 Å². The van der Waals surface area contributed by atoms with Gasteiger partial charge in [0.2, 0.25) is 6.79 Å². The average molecular weight is 376 g/mol. The van der Waals surface area contributed by atoms with E-state index in [4.69, 9.17) is 9.47 Å². The van der Waals surface area contributed by atoms with Crippen molar-refractivity contribution in [1.29, 1.82) is 0 Å². The summed E-state index contributed by atoms with van der Waals surface area (Å²) in [7, 11) is 0. The quantitative estimate of drug-likeness (QED) is 0.663. The molecule has 0 saturated heterocycles. The Hall–Kier alpha value is -3.28. The van der Waals surface area contributed by atoms with Gasteiger partial charge in [0.1, 0.15) is 18.0 Å². The Kier molecular flexibility index (Phi) is 4.77. The number of rotatable bonds is 5. The summed E-state index contributed by atoms with van der Waals surface area (Å²) in [5.41, 5.74) is 3.52. The van der Waals surface area contributed by atoms with Crippen LogP contribution in [0.3, 0.4) is 0 Å². The van der Waals surface area contributed by atoms with Crippen LogP contribution in [0.25, 0.3) is 0 Å². The first kappa shape index (κ1) is 18.1. The summed E-state index contributed by atoms with van der Waals surface area (Å²) >= 11 is 0. The minimum absolute atomic E-state index is 0.138. The van der Waals surface area contributed by atoms with E-state index in [1.165, 1.54) is 5.56 Å². The van der Waals surface area contributed by atoms with Crippen LogP contribution in [0.15, 0.2) is 54.9 Å². The van der Waals surface area contributed by atoms with Gasteiger partial charge in [-0.3, -0.25) is 0 Å². The molecule has 0 saturated carbocycles. The molecule has 6 heteroatoms. The lowest BCUT2D eigenvalue weighted by Gasteiger charge is -2.19. The van der Waals surface area contributed by atoms with Crippen LogP contribution in [0.1, 0.15) is 31.9 Å². The van der Waals surface area contributed by atoms with Crippen molar-refractivity contribution in [2.75, 3.05) is 17.4 Å². The first-order valence-electron chi connectivity index (χ1n) is 9.29. The van der Waals surface area contributed by atoms with Gasteiger partial charge in [0.25, 0.3) is 0 Å². The fourth-order valence-electron chi connectivity index (χ4n) is 2.97. The summed E-state index contributed by atoms with van der Waals surface area (Å²) in [4.78, 5) is 8.61. The largest absolute Gasteiger partial charge is 0.454 e. The van der Waals surface area contributed by atoms with E-state index in [0.29, 0.717) is 6.54 Å². The second-order valence-electron chi connectivity index (χ2n) is 7.78. The molecule has 1 aliphatic heterocycles. The van der Waals surface area contributed by atoms with Crippen molar-refractivity contribution in [3.63, 3.8) is 0 Å². The van der Waals surface area contributed by atoms with Crippen LogP contribution in [-0.4, -0.2) is 16.8 Å². The van der Waals surface area contributed by atoms with Crippen molar-refractivity contribution in [3.8, 4) is 11.5 Å². The molecule has 144 valence electrons. The molecule has 0 fully saturated rings.